The fourth-order valence-corrected chi connectivity index (χ4v) is 0.274. The third-order valence-corrected chi connectivity index (χ3v) is 0.948. The van der Waals surface area contributed by atoms with Gasteiger partial charge in [0.1, 0.15) is 0 Å². The zero-order valence-corrected chi connectivity index (χ0v) is 11.0. The van der Waals surface area contributed by atoms with Crippen molar-refractivity contribution in [1.82, 2.24) is 0 Å². The SMILES string of the molecule is O=C([O-])CCO.O=C([O-])CCO.O=C([O-])CCO.[Fe+3]. The number of aliphatic hydroxyl groups is 3. The van der Waals surface area contributed by atoms with E-state index in [1.165, 1.54) is 0 Å². The van der Waals surface area contributed by atoms with Gasteiger partial charge in [-0.25, -0.2) is 0 Å². The van der Waals surface area contributed by atoms with E-state index < -0.39 is 17.9 Å². The number of carbonyl (C=O) groups is 3. The van der Waals surface area contributed by atoms with E-state index in [0.717, 1.165) is 0 Å². The van der Waals surface area contributed by atoms with E-state index in [4.69, 9.17) is 15.3 Å². The third kappa shape index (κ3) is 60.4. The van der Waals surface area contributed by atoms with Crippen LogP contribution in [-0.4, -0.2) is 53.0 Å². The molecule has 0 aliphatic heterocycles. The molecule has 0 bridgehead atoms. The quantitative estimate of drug-likeness (QED) is 0.401. The summed E-state index contributed by atoms with van der Waals surface area (Å²) in [5, 5.41) is 51.4. The van der Waals surface area contributed by atoms with Crippen LogP contribution in [0.3, 0.4) is 0 Å². The maximum Gasteiger partial charge on any atom is 3.00 e. The van der Waals surface area contributed by atoms with Gasteiger partial charge in [0.25, 0.3) is 0 Å². The number of rotatable bonds is 6. The van der Waals surface area contributed by atoms with Crippen molar-refractivity contribution in [3.8, 4) is 0 Å². The smallest absolute Gasteiger partial charge is 0.550 e. The van der Waals surface area contributed by atoms with Gasteiger partial charge in [0.2, 0.25) is 0 Å². The maximum absolute atomic E-state index is 9.33. The summed E-state index contributed by atoms with van der Waals surface area (Å²) in [6, 6.07) is 0. The molecular formula is C9H15FeO9. The van der Waals surface area contributed by atoms with Crippen LogP contribution in [0.2, 0.25) is 0 Å². The second kappa shape index (κ2) is 22.0. The van der Waals surface area contributed by atoms with Gasteiger partial charge in [0.15, 0.2) is 0 Å². The average molecular weight is 323 g/mol. The van der Waals surface area contributed by atoms with Gasteiger partial charge < -0.3 is 45.0 Å². The Morgan fingerprint density at radius 1 is 0.632 bits per heavy atom. The van der Waals surface area contributed by atoms with E-state index in [0.29, 0.717) is 0 Å². The topological polar surface area (TPSA) is 181 Å². The Morgan fingerprint density at radius 2 is 0.789 bits per heavy atom. The van der Waals surface area contributed by atoms with Crippen molar-refractivity contribution in [2.75, 3.05) is 19.8 Å². The summed E-state index contributed by atoms with van der Waals surface area (Å²) < 4.78 is 0. The van der Waals surface area contributed by atoms with E-state index in [1.54, 1.807) is 0 Å². The second-order valence-electron chi connectivity index (χ2n) is 2.54. The Kier molecular flexibility index (Phi) is 30.6. The molecule has 0 saturated heterocycles. The molecule has 0 rings (SSSR count). The minimum Gasteiger partial charge on any atom is -0.550 e. The van der Waals surface area contributed by atoms with Gasteiger partial charge in [-0.2, -0.15) is 0 Å². The summed E-state index contributed by atoms with van der Waals surface area (Å²) >= 11 is 0. The minimum atomic E-state index is -1.21. The van der Waals surface area contributed by atoms with Crippen LogP contribution >= 0.6 is 0 Å². The molecule has 0 heterocycles. The normalized spacial score (nSPS) is 7.74. The minimum absolute atomic E-state index is 0. The molecule has 0 atom stereocenters. The number of hydrogen-bond acceptors (Lipinski definition) is 9. The molecule has 0 aliphatic carbocycles. The van der Waals surface area contributed by atoms with Crippen LogP contribution in [0.15, 0.2) is 0 Å². The van der Waals surface area contributed by atoms with Crippen LogP contribution < -0.4 is 15.3 Å². The van der Waals surface area contributed by atoms with E-state index in [1.807, 2.05) is 0 Å². The second-order valence-corrected chi connectivity index (χ2v) is 2.54. The Morgan fingerprint density at radius 3 is 0.789 bits per heavy atom. The molecule has 0 amide bonds. The van der Waals surface area contributed by atoms with Crippen molar-refractivity contribution in [1.29, 1.82) is 0 Å². The molecule has 9 nitrogen and oxygen atoms in total. The number of carboxylic acids is 3. The Hall–Kier alpha value is -1.19. The Labute approximate surface area is 120 Å². The van der Waals surface area contributed by atoms with E-state index in [2.05, 4.69) is 0 Å². The Balaban J connectivity index is -0.0000000865. The molecule has 0 aromatic rings. The van der Waals surface area contributed by atoms with Gasteiger partial charge in [0.05, 0.1) is 0 Å². The molecule has 1 radical (unpaired) electrons. The van der Waals surface area contributed by atoms with Gasteiger partial charge in [-0.15, -0.1) is 0 Å². The maximum atomic E-state index is 9.33. The Bertz CT molecular complexity index is 194. The first kappa shape index (κ1) is 26.4. The van der Waals surface area contributed by atoms with Crippen LogP contribution in [0.25, 0.3) is 0 Å². The molecule has 0 fully saturated rings. The first-order valence-electron chi connectivity index (χ1n) is 4.73. The van der Waals surface area contributed by atoms with E-state index in [9.17, 15) is 29.7 Å². The number of carbonyl (C=O) groups excluding carboxylic acids is 3. The van der Waals surface area contributed by atoms with Crippen molar-refractivity contribution in [2.24, 2.45) is 0 Å². The molecule has 0 spiro atoms. The molecule has 0 unspecified atom stereocenters. The van der Waals surface area contributed by atoms with Crippen LogP contribution in [-0.2, 0) is 31.5 Å². The molecular weight excluding hydrogens is 308 g/mol. The predicted molar refractivity (Wildman–Crippen MR) is 50.1 cm³/mol. The summed E-state index contributed by atoms with van der Waals surface area (Å²) in [7, 11) is 0. The van der Waals surface area contributed by atoms with E-state index in [-0.39, 0.29) is 56.2 Å². The van der Waals surface area contributed by atoms with E-state index >= 15 is 0 Å². The summed E-state index contributed by atoms with van der Waals surface area (Å²) in [6.07, 6.45) is -0.792. The molecule has 0 aromatic carbocycles. The van der Waals surface area contributed by atoms with Gasteiger partial charge in [-0.05, 0) is 0 Å². The fourth-order valence-electron chi connectivity index (χ4n) is 0.274. The molecule has 0 saturated carbocycles. The summed E-state index contributed by atoms with van der Waals surface area (Å²) in [6.45, 7) is -0.993. The van der Waals surface area contributed by atoms with Crippen LogP contribution in [0.5, 0.6) is 0 Å². The van der Waals surface area contributed by atoms with Crippen LogP contribution in [0.4, 0.5) is 0 Å². The summed E-state index contributed by atoms with van der Waals surface area (Å²) in [5.74, 6) is -3.63. The fraction of sp³-hybridized carbons (Fsp3) is 0.667. The number of aliphatic hydroxyl groups excluding tert-OH is 3. The molecule has 3 N–H and O–H groups in total. The van der Waals surface area contributed by atoms with Gasteiger partial charge in [-0.1, -0.05) is 0 Å². The standard InChI is InChI=1S/3C3H6O3.Fe/c3*4-2-1-3(5)6;/h3*4H,1-2H2,(H,5,6);/q;;;+3/p-3. The van der Waals surface area contributed by atoms with Gasteiger partial charge in [0, 0.05) is 57.0 Å². The van der Waals surface area contributed by atoms with Crippen molar-refractivity contribution in [3.63, 3.8) is 0 Å². The molecule has 19 heavy (non-hydrogen) atoms. The zero-order valence-electron chi connectivity index (χ0n) is 9.89. The third-order valence-electron chi connectivity index (χ3n) is 0.948. The molecule has 113 valence electrons. The largest absolute Gasteiger partial charge is 3.00 e. The first-order chi connectivity index (χ1) is 8.31. The van der Waals surface area contributed by atoms with Gasteiger partial charge >= 0.3 is 17.1 Å². The number of hydrogen-bond donors (Lipinski definition) is 3. The average Bonchev–Trinajstić information content (AvgIpc) is 2.18. The van der Waals surface area contributed by atoms with Gasteiger partial charge in [-0.3, -0.25) is 0 Å². The zero-order chi connectivity index (χ0) is 15.0. The number of carboxylic acid groups (broad SMARTS) is 3. The van der Waals surface area contributed by atoms with Crippen molar-refractivity contribution >= 4 is 17.9 Å². The first-order valence-corrected chi connectivity index (χ1v) is 4.73. The molecule has 0 aliphatic rings. The predicted octanol–water partition coefficient (Wildman–Crippen LogP) is -5.65. The van der Waals surface area contributed by atoms with Crippen molar-refractivity contribution in [2.45, 2.75) is 19.3 Å². The molecule has 0 aromatic heterocycles. The van der Waals surface area contributed by atoms with Crippen LogP contribution in [0, 0.1) is 0 Å². The molecule has 10 heteroatoms. The monoisotopic (exact) mass is 323 g/mol. The van der Waals surface area contributed by atoms with Crippen molar-refractivity contribution < 1.29 is 62.1 Å². The summed E-state index contributed by atoms with van der Waals surface area (Å²) in [4.78, 5) is 28.0. The van der Waals surface area contributed by atoms with Crippen LogP contribution in [0.1, 0.15) is 19.3 Å². The van der Waals surface area contributed by atoms with Crippen molar-refractivity contribution in [3.05, 3.63) is 0 Å². The number of aliphatic carboxylic acids is 3. The summed E-state index contributed by atoms with van der Waals surface area (Å²) in [5.41, 5.74) is 0.